The molecular weight excluding hydrogens is 414 g/mol. The third kappa shape index (κ3) is 4.12. The molecule has 5 rings (SSSR count). The number of fused-ring (bicyclic) bond motifs is 2. The van der Waals surface area contributed by atoms with Crippen LogP contribution in [0.15, 0.2) is 58.2 Å². The van der Waals surface area contributed by atoms with Gasteiger partial charge in [0.2, 0.25) is 5.91 Å². The molecule has 0 spiro atoms. The molecule has 0 unspecified atom stereocenters. The van der Waals surface area contributed by atoms with Crippen molar-refractivity contribution in [2.24, 2.45) is 0 Å². The van der Waals surface area contributed by atoms with E-state index in [1.807, 2.05) is 47.4 Å². The maximum atomic E-state index is 13.1. The Morgan fingerprint density at radius 3 is 2.65 bits per heavy atom. The fourth-order valence-corrected chi connectivity index (χ4v) is 4.75. The van der Waals surface area contributed by atoms with Gasteiger partial charge in [-0.05, 0) is 43.5 Å². The summed E-state index contributed by atoms with van der Waals surface area (Å²) in [4.78, 5) is 34.1. The second kappa shape index (κ2) is 8.63. The van der Waals surface area contributed by atoms with Crippen molar-refractivity contribution in [3.8, 4) is 5.75 Å². The van der Waals surface area contributed by atoms with E-state index in [0.717, 1.165) is 37.9 Å². The second-order valence-electron chi connectivity index (χ2n) is 7.70. The minimum atomic E-state index is -0.689. The van der Waals surface area contributed by atoms with Crippen LogP contribution in [0.1, 0.15) is 19.3 Å². The Hall–Kier alpha value is -3.00. The molecule has 1 fully saturated rings. The van der Waals surface area contributed by atoms with Gasteiger partial charge in [0.1, 0.15) is 11.3 Å². The van der Waals surface area contributed by atoms with Crippen LogP contribution in [0, 0.1) is 0 Å². The molecule has 0 radical (unpaired) electrons. The molecule has 0 aliphatic carbocycles. The summed E-state index contributed by atoms with van der Waals surface area (Å²) in [5.41, 5.74) is 2.15. The molecule has 3 aromatic rings. The number of hydrogen-bond acceptors (Lipinski definition) is 6. The smallest absolute Gasteiger partial charge is 0.265 e. The second-order valence-corrected chi connectivity index (χ2v) is 8.63. The van der Waals surface area contributed by atoms with Gasteiger partial charge < -0.3 is 19.0 Å². The SMILES string of the molecule is O=C([C@@H]1CN(C(=O)CSc2nc3ccccc3o2)c2ccccc2O1)N1CCCCC1. The normalized spacial score (nSPS) is 18.5. The number of likely N-dealkylation sites (tertiary alicyclic amines) is 1. The number of carbonyl (C=O) groups is 2. The van der Waals surface area contributed by atoms with E-state index in [-0.39, 0.29) is 24.1 Å². The van der Waals surface area contributed by atoms with E-state index in [2.05, 4.69) is 4.98 Å². The van der Waals surface area contributed by atoms with Gasteiger partial charge in [-0.2, -0.15) is 0 Å². The minimum absolute atomic E-state index is 0.0430. The molecule has 1 saturated heterocycles. The van der Waals surface area contributed by atoms with Gasteiger partial charge in [-0.1, -0.05) is 36.0 Å². The summed E-state index contributed by atoms with van der Waals surface area (Å²) in [6.07, 6.45) is 2.49. The van der Waals surface area contributed by atoms with Gasteiger partial charge in [-0.15, -0.1) is 0 Å². The number of oxazole rings is 1. The zero-order valence-corrected chi connectivity index (χ0v) is 17.8. The Labute approximate surface area is 184 Å². The van der Waals surface area contributed by atoms with E-state index < -0.39 is 6.10 Å². The first-order valence-electron chi connectivity index (χ1n) is 10.5. The maximum absolute atomic E-state index is 13.1. The number of piperidine rings is 1. The molecule has 0 bridgehead atoms. The lowest BCUT2D eigenvalue weighted by atomic mass is 10.1. The topological polar surface area (TPSA) is 75.9 Å². The molecule has 0 saturated carbocycles. The third-order valence-corrected chi connectivity index (χ3v) is 6.42. The van der Waals surface area contributed by atoms with Gasteiger partial charge in [-0.3, -0.25) is 9.59 Å². The van der Waals surface area contributed by atoms with Gasteiger partial charge in [0.05, 0.1) is 18.0 Å². The number of amides is 2. The quantitative estimate of drug-likeness (QED) is 0.579. The van der Waals surface area contributed by atoms with Crippen LogP contribution >= 0.6 is 11.8 Å². The van der Waals surface area contributed by atoms with Crippen LogP contribution in [0.4, 0.5) is 5.69 Å². The molecule has 1 aromatic heterocycles. The highest BCUT2D eigenvalue weighted by molar-refractivity contribution is 7.99. The Bertz CT molecular complexity index is 1080. The highest BCUT2D eigenvalue weighted by Gasteiger charge is 2.36. The van der Waals surface area contributed by atoms with Crippen LogP contribution in [0.5, 0.6) is 5.75 Å². The van der Waals surface area contributed by atoms with Crippen molar-refractivity contribution in [2.45, 2.75) is 30.6 Å². The molecule has 1 atom stereocenters. The molecule has 0 N–H and O–H groups in total. The predicted molar refractivity (Wildman–Crippen MR) is 118 cm³/mol. The number of carbonyl (C=O) groups excluding carboxylic acids is 2. The van der Waals surface area contributed by atoms with E-state index in [0.29, 0.717) is 22.2 Å². The fraction of sp³-hybridized carbons (Fsp3) is 0.348. The van der Waals surface area contributed by atoms with Crippen molar-refractivity contribution in [1.82, 2.24) is 9.88 Å². The Morgan fingerprint density at radius 2 is 1.81 bits per heavy atom. The Morgan fingerprint density at radius 1 is 1.03 bits per heavy atom. The van der Waals surface area contributed by atoms with Crippen LogP contribution in [-0.4, -0.2) is 53.2 Å². The lowest BCUT2D eigenvalue weighted by Crippen LogP contribution is -2.53. The minimum Gasteiger partial charge on any atom is -0.476 e. The zero-order valence-electron chi connectivity index (χ0n) is 17.0. The first-order valence-corrected chi connectivity index (χ1v) is 11.5. The van der Waals surface area contributed by atoms with Crippen molar-refractivity contribution in [2.75, 3.05) is 30.3 Å². The molecule has 2 aromatic carbocycles. The molecule has 2 aliphatic rings. The van der Waals surface area contributed by atoms with E-state index in [4.69, 9.17) is 9.15 Å². The number of para-hydroxylation sites is 4. The highest BCUT2D eigenvalue weighted by atomic mass is 32.2. The number of ether oxygens (including phenoxy) is 1. The Balaban J connectivity index is 1.32. The van der Waals surface area contributed by atoms with Crippen molar-refractivity contribution >= 4 is 40.4 Å². The Kier molecular flexibility index (Phi) is 5.55. The molecule has 3 heterocycles. The first-order chi connectivity index (χ1) is 15.2. The van der Waals surface area contributed by atoms with E-state index >= 15 is 0 Å². The molecule has 7 nitrogen and oxygen atoms in total. The van der Waals surface area contributed by atoms with Gasteiger partial charge in [0, 0.05) is 13.1 Å². The number of anilines is 1. The van der Waals surface area contributed by atoms with Crippen LogP contribution in [-0.2, 0) is 9.59 Å². The highest BCUT2D eigenvalue weighted by Crippen LogP contribution is 2.34. The van der Waals surface area contributed by atoms with Crippen LogP contribution in [0.3, 0.4) is 0 Å². The first kappa shape index (κ1) is 19.9. The standard InChI is InChI=1S/C23H23N3O4S/c27-21(15-31-23-24-16-8-2-4-10-18(16)30-23)26-14-20(22(28)25-12-6-1-7-13-25)29-19-11-5-3-9-17(19)26/h2-5,8-11,20H,1,6-7,12-15H2/t20-/m0/s1. The van der Waals surface area contributed by atoms with Crippen LogP contribution < -0.4 is 9.64 Å². The van der Waals surface area contributed by atoms with Crippen molar-refractivity contribution < 1.29 is 18.7 Å². The lowest BCUT2D eigenvalue weighted by molar-refractivity contribution is -0.139. The summed E-state index contributed by atoms with van der Waals surface area (Å²) >= 11 is 1.26. The van der Waals surface area contributed by atoms with E-state index in [1.54, 1.807) is 11.0 Å². The molecule has 8 heteroatoms. The number of hydrogen-bond donors (Lipinski definition) is 0. The average Bonchev–Trinajstić information content (AvgIpc) is 3.25. The number of benzene rings is 2. The number of rotatable bonds is 4. The fourth-order valence-electron chi connectivity index (χ4n) is 4.03. The zero-order chi connectivity index (χ0) is 21.2. The third-order valence-electron chi connectivity index (χ3n) is 5.61. The van der Waals surface area contributed by atoms with Gasteiger partial charge >= 0.3 is 0 Å². The van der Waals surface area contributed by atoms with Crippen molar-refractivity contribution in [3.63, 3.8) is 0 Å². The molecule has 160 valence electrons. The monoisotopic (exact) mass is 437 g/mol. The summed E-state index contributed by atoms with van der Waals surface area (Å²) in [7, 11) is 0. The number of thioether (sulfide) groups is 1. The van der Waals surface area contributed by atoms with E-state index in [9.17, 15) is 9.59 Å². The summed E-state index contributed by atoms with van der Waals surface area (Å²) in [6, 6.07) is 14.9. The van der Waals surface area contributed by atoms with Crippen molar-refractivity contribution in [1.29, 1.82) is 0 Å². The summed E-state index contributed by atoms with van der Waals surface area (Å²) in [6.45, 7) is 1.71. The van der Waals surface area contributed by atoms with Crippen LogP contribution in [0.25, 0.3) is 11.1 Å². The van der Waals surface area contributed by atoms with Gasteiger partial charge in [-0.25, -0.2) is 4.98 Å². The molecule has 31 heavy (non-hydrogen) atoms. The van der Waals surface area contributed by atoms with Gasteiger partial charge in [0.15, 0.2) is 11.7 Å². The molecule has 2 amide bonds. The van der Waals surface area contributed by atoms with E-state index in [1.165, 1.54) is 11.8 Å². The van der Waals surface area contributed by atoms with Gasteiger partial charge in [0.25, 0.3) is 11.1 Å². The lowest BCUT2D eigenvalue weighted by Gasteiger charge is -2.37. The van der Waals surface area contributed by atoms with Crippen LogP contribution in [0.2, 0.25) is 0 Å². The van der Waals surface area contributed by atoms with Crippen molar-refractivity contribution in [3.05, 3.63) is 48.5 Å². The maximum Gasteiger partial charge on any atom is 0.265 e. The summed E-state index contributed by atoms with van der Waals surface area (Å²) in [5.74, 6) is 0.563. The molecule has 2 aliphatic heterocycles. The predicted octanol–water partition coefficient (Wildman–Crippen LogP) is 3.73. The number of aromatic nitrogens is 1. The average molecular weight is 438 g/mol. The number of nitrogens with zero attached hydrogens (tertiary/aromatic N) is 3. The summed E-state index contributed by atoms with van der Waals surface area (Å²) in [5, 5.41) is 0.456. The molecular formula is C23H23N3O4S. The largest absolute Gasteiger partial charge is 0.476 e. The summed E-state index contributed by atoms with van der Waals surface area (Å²) < 4.78 is 11.7.